The van der Waals surface area contributed by atoms with Crippen LogP contribution in [-0.4, -0.2) is 33.2 Å². The number of nitrogens with two attached hydrogens (primary N) is 1. The molecule has 1 aromatic carbocycles. The number of carbonyl (C=O) groups is 1. The summed E-state index contributed by atoms with van der Waals surface area (Å²) < 4.78 is 43.1. The highest BCUT2D eigenvalue weighted by molar-refractivity contribution is 7.12. The van der Waals surface area contributed by atoms with Gasteiger partial charge in [-0.15, -0.1) is 11.3 Å². The third-order valence-electron chi connectivity index (χ3n) is 6.98. The summed E-state index contributed by atoms with van der Waals surface area (Å²) in [5.41, 5.74) is 7.13. The average Bonchev–Trinajstić information content (AvgIpc) is 3.50. The Kier molecular flexibility index (Phi) is 6.68. The van der Waals surface area contributed by atoms with Crippen molar-refractivity contribution in [3.8, 4) is 17.2 Å². The molecule has 1 fully saturated rings. The molecule has 6 nitrogen and oxygen atoms in total. The maximum atomic E-state index is 13.9. The molecule has 0 saturated heterocycles. The van der Waals surface area contributed by atoms with Crippen LogP contribution in [0.2, 0.25) is 0 Å². The SMILES string of the molecule is CCn1cc(-c2ccccc2[C@@H]2CN(C(=O)/C=C/C(N)C3CC3)Cc3sc(C#N)cc32)c(C(F)(F)F)n1. The molecular weight excluding hydrogens is 499 g/mol. The number of alkyl halides is 3. The number of nitrogens with zero attached hydrogens (tertiary/aromatic N) is 4. The number of benzene rings is 1. The fraction of sp³-hybridized carbons (Fsp3) is 0.370. The van der Waals surface area contributed by atoms with Crippen LogP contribution in [0.4, 0.5) is 13.2 Å². The Labute approximate surface area is 216 Å². The normalized spacial score (nSPS) is 18.6. The zero-order valence-electron chi connectivity index (χ0n) is 20.2. The molecule has 1 amide bonds. The number of fused-ring (bicyclic) bond motifs is 1. The first-order valence-electron chi connectivity index (χ1n) is 12.2. The summed E-state index contributed by atoms with van der Waals surface area (Å²) in [6.07, 6.45) is 2.17. The van der Waals surface area contributed by atoms with Gasteiger partial charge in [-0.05, 0) is 48.4 Å². The van der Waals surface area contributed by atoms with Crippen LogP contribution in [0.15, 0.2) is 48.7 Å². The number of halogens is 3. The molecule has 3 heterocycles. The van der Waals surface area contributed by atoms with Crippen LogP contribution in [0, 0.1) is 17.2 Å². The number of rotatable bonds is 6. The van der Waals surface area contributed by atoms with E-state index < -0.39 is 17.8 Å². The minimum atomic E-state index is -4.62. The van der Waals surface area contributed by atoms with E-state index in [-0.39, 0.29) is 24.1 Å². The Morgan fingerprint density at radius 3 is 2.73 bits per heavy atom. The van der Waals surface area contributed by atoms with Crippen molar-refractivity contribution in [2.24, 2.45) is 11.7 Å². The smallest absolute Gasteiger partial charge is 0.333 e. The molecule has 2 N–H and O–H groups in total. The van der Waals surface area contributed by atoms with Crippen LogP contribution in [0.25, 0.3) is 11.1 Å². The highest BCUT2D eigenvalue weighted by Gasteiger charge is 2.39. The number of nitriles is 1. The van der Waals surface area contributed by atoms with Crippen molar-refractivity contribution in [1.82, 2.24) is 14.7 Å². The quantitative estimate of drug-likeness (QED) is 0.443. The van der Waals surface area contributed by atoms with Gasteiger partial charge in [-0.1, -0.05) is 30.3 Å². The van der Waals surface area contributed by atoms with E-state index in [9.17, 15) is 23.2 Å². The zero-order chi connectivity index (χ0) is 26.3. The van der Waals surface area contributed by atoms with Gasteiger partial charge in [0.2, 0.25) is 5.91 Å². The Morgan fingerprint density at radius 1 is 1.30 bits per heavy atom. The van der Waals surface area contributed by atoms with Gasteiger partial charge in [-0.25, -0.2) is 0 Å². The maximum absolute atomic E-state index is 13.9. The zero-order valence-corrected chi connectivity index (χ0v) is 21.0. The number of thiophene rings is 1. The van der Waals surface area contributed by atoms with E-state index in [2.05, 4.69) is 11.2 Å². The Balaban J connectivity index is 1.57. The summed E-state index contributed by atoms with van der Waals surface area (Å²) in [5, 5.41) is 13.3. The molecule has 2 atom stereocenters. The number of hydrogen-bond acceptors (Lipinski definition) is 5. The summed E-state index contributed by atoms with van der Waals surface area (Å²) in [7, 11) is 0. The summed E-state index contributed by atoms with van der Waals surface area (Å²) in [5.74, 6) is -0.191. The highest BCUT2D eigenvalue weighted by atomic mass is 32.1. The first kappa shape index (κ1) is 25.2. The second-order valence-corrected chi connectivity index (χ2v) is 10.6. The van der Waals surface area contributed by atoms with Crippen LogP contribution >= 0.6 is 11.3 Å². The molecule has 10 heteroatoms. The van der Waals surface area contributed by atoms with Crippen molar-refractivity contribution >= 4 is 17.2 Å². The molecule has 1 saturated carbocycles. The van der Waals surface area contributed by atoms with Gasteiger partial charge in [-0.3, -0.25) is 9.48 Å². The van der Waals surface area contributed by atoms with Crippen molar-refractivity contribution in [1.29, 1.82) is 5.26 Å². The van der Waals surface area contributed by atoms with Crippen molar-refractivity contribution in [2.75, 3.05) is 6.54 Å². The number of aromatic nitrogens is 2. The molecule has 2 aliphatic rings. The van der Waals surface area contributed by atoms with E-state index in [1.54, 1.807) is 48.2 Å². The minimum absolute atomic E-state index is 0.000916. The van der Waals surface area contributed by atoms with Crippen LogP contribution in [0.5, 0.6) is 0 Å². The van der Waals surface area contributed by atoms with Gasteiger partial charge in [0, 0.05) is 47.8 Å². The van der Waals surface area contributed by atoms with Gasteiger partial charge >= 0.3 is 6.18 Å². The minimum Gasteiger partial charge on any atom is -0.333 e. The predicted octanol–water partition coefficient (Wildman–Crippen LogP) is 5.29. The van der Waals surface area contributed by atoms with E-state index in [0.717, 1.165) is 23.3 Å². The van der Waals surface area contributed by atoms with Gasteiger partial charge in [0.25, 0.3) is 0 Å². The van der Waals surface area contributed by atoms with Crippen molar-refractivity contribution < 1.29 is 18.0 Å². The Hall–Kier alpha value is -3.42. The van der Waals surface area contributed by atoms with Gasteiger partial charge in [-0.2, -0.15) is 23.5 Å². The number of amides is 1. The lowest BCUT2D eigenvalue weighted by Crippen LogP contribution is -2.37. The highest BCUT2D eigenvalue weighted by Crippen LogP contribution is 2.44. The average molecular weight is 526 g/mol. The molecule has 1 aliphatic heterocycles. The first-order chi connectivity index (χ1) is 17.7. The van der Waals surface area contributed by atoms with Crippen molar-refractivity contribution in [2.45, 2.75) is 51.0 Å². The van der Waals surface area contributed by atoms with Crippen LogP contribution in [-0.2, 0) is 24.1 Å². The summed E-state index contributed by atoms with van der Waals surface area (Å²) in [4.78, 5) is 16.2. The van der Waals surface area contributed by atoms with Crippen LogP contribution in [0.3, 0.4) is 0 Å². The molecule has 0 bridgehead atoms. The third kappa shape index (κ3) is 5.06. The lowest BCUT2D eigenvalue weighted by atomic mass is 9.83. The first-order valence-corrected chi connectivity index (χ1v) is 13.0. The van der Waals surface area contributed by atoms with E-state index in [1.807, 2.05) is 0 Å². The number of aryl methyl sites for hydroxylation is 1. The van der Waals surface area contributed by atoms with Gasteiger partial charge in [0.1, 0.15) is 10.9 Å². The Morgan fingerprint density at radius 2 is 2.05 bits per heavy atom. The molecule has 2 aromatic heterocycles. The summed E-state index contributed by atoms with van der Waals surface area (Å²) in [6.45, 7) is 2.64. The fourth-order valence-electron chi connectivity index (χ4n) is 4.88. The van der Waals surface area contributed by atoms with Gasteiger partial charge in [0.15, 0.2) is 5.69 Å². The molecule has 0 radical (unpaired) electrons. The maximum Gasteiger partial charge on any atom is 0.435 e. The number of carbonyl (C=O) groups excluding carboxylic acids is 1. The second-order valence-electron chi connectivity index (χ2n) is 9.48. The molecule has 1 unspecified atom stereocenters. The topological polar surface area (TPSA) is 87.9 Å². The van der Waals surface area contributed by atoms with E-state index in [4.69, 9.17) is 5.73 Å². The predicted molar refractivity (Wildman–Crippen MR) is 134 cm³/mol. The third-order valence-corrected chi connectivity index (χ3v) is 8.02. The molecule has 1 aliphatic carbocycles. The van der Waals surface area contributed by atoms with E-state index in [1.165, 1.54) is 28.3 Å². The molecular formula is C27H26F3N5OS. The van der Waals surface area contributed by atoms with E-state index in [0.29, 0.717) is 35.0 Å². The van der Waals surface area contributed by atoms with Crippen molar-refractivity contribution in [3.63, 3.8) is 0 Å². The summed E-state index contributed by atoms with van der Waals surface area (Å²) in [6, 6.07) is 10.7. The Bertz CT molecular complexity index is 1400. The monoisotopic (exact) mass is 525 g/mol. The van der Waals surface area contributed by atoms with Crippen LogP contribution < -0.4 is 5.73 Å². The molecule has 3 aromatic rings. The van der Waals surface area contributed by atoms with Crippen LogP contribution in [0.1, 0.15) is 52.3 Å². The van der Waals surface area contributed by atoms with Gasteiger partial charge < -0.3 is 10.6 Å². The molecule has 0 spiro atoms. The lowest BCUT2D eigenvalue weighted by Gasteiger charge is -2.33. The summed E-state index contributed by atoms with van der Waals surface area (Å²) >= 11 is 1.31. The van der Waals surface area contributed by atoms with Gasteiger partial charge in [0.05, 0.1) is 6.54 Å². The molecule has 5 rings (SSSR count). The molecule has 37 heavy (non-hydrogen) atoms. The van der Waals surface area contributed by atoms with Crippen molar-refractivity contribution in [3.05, 3.63) is 75.3 Å². The fourth-order valence-corrected chi connectivity index (χ4v) is 5.92. The molecule has 192 valence electrons. The largest absolute Gasteiger partial charge is 0.435 e. The lowest BCUT2D eigenvalue weighted by molar-refractivity contribution is -0.141. The van der Waals surface area contributed by atoms with E-state index >= 15 is 0 Å². The second kappa shape index (κ2) is 9.80. The number of hydrogen-bond donors (Lipinski definition) is 1. The standard InChI is InChI=1S/C27H26F3N5OS/c1-2-35-14-22(26(33-35)27(28,29)30)19-6-4-3-5-18(19)21-13-34(15-24-20(21)11-17(12-31)37-24)25(36)10-9-23(32)16-7-8-16/h3-6,9-11,14,16,21,23H,2,7-8,13,15,32H2,1H3/b10-9+/t21-,23?/m0/s1.